The number of hydrogen-bond acceptors (Lipinski definition) is 7. The molecule has 0 spiro atoms. The molecule has 0 fully saturated rings. The molecule has 0 bridgehead atoms. The number of ether oxygens (including phenoxy) is 1. The Balaban J connectivity index is 0.887. The van der Waals surface area contributed by atoms with Gasteiger partial charge in [-0.2, -0.15) is 0 Å². The van der Waals surface area contributed by atoms with Gasteiger partial charge in [0, 0.05) is 67.5 Å². The number of nitrogens with zero attached hydrogens (tertiary/aromatic N) is 4. The predicted octanol–water partition coefficient (Wildman–Crippen LogP) is 20.5. The van der Waals surface area contributed by atoms with Crippen LogP contribution in [0.4, 0.5) is 62.6 Å². The van der Waals surface area contributed by atoms with Crippen molar-refractivity contribution < 1.29 is 13.6 Å². The van der Waals surface area contributed by atoms with Gasteiger partial charge in [-0.3, -0.25) is 0 Å². The molecule has 5 aliphatic rings. The Hall–Kier alpha value is -9.59. The predicted molar refractivity (Wildman–Crippen MR) is 409 cm³/mol. The Morgan fingerprint density at radius 1 is 0.412 bits per heavy atom. The van der Waals surface area contributed by atoms with Crippen LogP contribution in [0.5, 0.6) is 5.75 Å². The number of benzene rings is 10. The summed E-state index contributed by atoms with van der Waals surface area (Å²) in [5.41, 5.74) is 29.1. The SMILES string of the molecule is CC(C)c1ccc(N2c3cc(C(C)(C)C)ccc3B3c4oc5ccc(C(C)(C)C)cc5c4N(c4ccc(C(C)C)cc4)c4cc(C(C)(C)Cc5cccc6c5OC5B7c8oc9ccccc9c8N(c8ccccc8)c8cc(C(C)(C)C)cc(c87)N(c7ccccc7)C65)cc2c43)cc1. The van der Waals surface area contributed by atoms with Crippen LogP contribution in [0.25, 0.3) is 21.9 Å². The van der Waals surface area contributed by atoms with Crippen LogP contribution in [0.3, 0.4) is 0 Å². The highest BCUT2D eigenvalue weighted by molar-refractivity contribution is 7.00. The van der Waals surface area contributed by atoms with Crippen molar-refractivity contribution in [1.82, 2.24) is 0 Å². The van der Waals surface area contributed by atoms with Crippen LogP contribution in [-0.2, 0) is 28.1 Å². The largest absolute Gasteiger partial charge is 0.495 e. The van der Waals surface area contributed by atoms with Crippen LogP contribution in [0, 0.1) is 0 Å². The van der Waals surface area contributed by atoms with Crippen LogP contribution < -0.4 is 52.0 Å². The fourth-order valence-corrected chi connectivity index (χ4v) is 16.7. The minimum absolute atomic E-state index is 0.0938. The third-order valence-corrected chi connectivity index (χ3v) is 22.0. The average Bonchev–Trinajstić information content (AvgIpc) is 1.64. The van der Waals surface area contributed by atoms with Crippen LogP contribution in [-0.4, -0.2) is 19.4 Å². The summed E-state index contributed by atoms with van der Waals surface area (Å²) in [7, 11) is 0. The number of rotatable bonds is 9. The molecule has 7 heterocycles. The van der Waals surface area contributed by atoms with Crippen LogP contribution >= 0.6 is 0 Å². The fourth-order valence-electron chi connectivity index (χ4n) is 16.7. The first-order valence-corrected chi connectivity index (χ1v) is 35.3. The topological polar surface area (TPSA) is 48.5 Å². The summed E-state index contributed by atoms with van der Waals surface area (Å²) >= 11 is 0. The van der Waals surface area contributed by atoms with E-state index in [0.717, 1.165) is 84.5 Å². The zero-order chi connectivity index (χ0) is 67.1. The van der Waals surface area contributed by atoms with E-state index >= 15 is 0 Å². The van der Waals surface area contributed by atoms with Gasteiger partial charge in [0.1, 0.15) is 22.9 Å². The van der Waals surface area contributed by atoms with Crippen molar-refractivity contribution in [1.29, 1.82) is 0 Å². The van der Waals surface area contributed by atoms with E-state index in [1.54, 1.807) is 0 Å². The molecule has 17 rings (SSSR count). The number of hydrogen-bond donors (Lipinski definition) is 0. The van der Waals surface area contributed by atoms with E-state index in [1.165, 1.54) is 78.0 Å². The van der Waals surface area contributed by atoms with Crippen molar-refractivity contribution in [3.05, 3.63) is 257 Å². The van der Waals surface area contributed by atoms with Crippen molar-refractivity contribution >= 4 is 126 Å². The number of furan rings is 2. The minimum atomic E-state index is -0.469. The molecule has 2 atom stereocenters. The van der Waals surface area contributed by atoms with E-state index in [-0.39, 0.29) is 41.7 Å². The molecule has 12 aromatic rings. The van der Waals surface area contributed by atoms with Gasteiger partial charge < -0.3 is 33.2 Å². The van der Waals surface area contributed by atoms with Gasteiger partial charge in [0.05, 0.1) is 28.7 Å². The minimum Gasteiger partial charge on any atom is -0.495 e. The van der Waals surface area contributed by atoms with Gasteiger partial charge in [0.25, 0.3) is 6.71 Å². The highest BCUT2D eigenvalue weighted by Gasteiger charge is 2.58. The Morgan fingerprint density at radius 3 is 1.56 bits per heavy atom. The number of fused-ring (bicyclic) bond motifs is 14. The van der Waals surface area contributed by atoms with Crippen molar-refractivity contribution in [2.75, 3.05) is 19.6 Å². The molecule has 7 nitrogen and oxygen atoms in total. The Kier molecular flexibility index (Phi) is 13.7. The zero-order valence-corrected chi connectivity index (χ0v) is 58.9. The maximum atomic E-state index is 8.01. The lowest BCUT2D eigenvalue weighted by molar-refractivity contribution is 0.278. The molecular formula is C88H86B2N4O3. The van der Waals surface area contributed by atoms with Gasteiger partial charge in [-0.1, -0.05) is 213 Å². The normalized spacial score (nSPS) is 16.2. The van der Waals surface area contributed by atoms with Crippen LogP contribution in [0.15, 0.2) is 221 Å². The maximum Gasteiger partial charge on any atom is 0.312 e. The number of anilines is 11. The standard InChI is InChI=1S/C88H86B2N4O3/c1-52(2)54-33-39-63(40-34-54)91-69-46-58(86(8,9)10)37-43-68(69)89-76-70(91)49-60(50-73(76)94(64-41-35-55(36-42-64)53(3)4)80-67-45-57(85(5,6)7)38-44-75(67)96-82(80)89)88(14,15)51-56-25-24-31-66-79-84(97-81(56)66)90-77-71(47-59(87(11,12)13)48-72(77)93(79)62-28-20-17-21-29-62)92(61-26-18-16-19-27-61)78-65-30-22-23-32-74(65)95-83(78)90/h16-50,52-53,79,84H,51H2,1-15H3. The quantitative estimate of drug-likeness (QED) is 0.133. The molecule has 0 aliphatic carbocycles. The third-order valence-electron chi connectivity index (χ3n) is 22.0. The summed E-state index contributed by atoms with van der Waals surface area (Å²) in [6.07, 6.45) is 0.697. The van der Waals surface area contributed by atoms with Gasteiger partial charge in [-0.15, -0.1) is 0 Å². The molecule has 0 N–H and O–H groups in total. The van der Waals surface area contributed by atoms with Crippen LogP contribution in [0.2, 0.25) is 0 Å². The molecule has 10 aromatic carbocycles. The Bertz CT molecular complexity index is 5140. The smallest absolute Gasteiger partial charge is 0.312 e. The average molecular weight is 1270 g/mol. The van der Waals surface area contributed by atoms with Gasteiger partial charge >= 0.3 is 6.71 Å². The Labute approximate surface area is 573 Å². The maximum absolute atomic E-state index is 8.01. The molecule has 2 aromatic heterocycles. The molecule has 0 amide bonds. The first-order valence-electron chi connectivity index (χ1n) is 35.3. The Morgan fingerprint density at radius 2 is 0.918 bits per heavy atom. The van der Waals surface area contributed by atoms with Crippen molar-refractivity contribution in [2.45, 2.75) is 156 Å². The lowest BCUT2D eigenvalue weighted by atomic mass is 9.34. The molecule has 0 saturated carbocycles. The summed E-state index contributed by atoms with van der Waals surface area (Å²) in [4.78, 5) is 10.3. The highest BCUT2D eigenvalue weighted by atomic mass is 16.5. The second kappa shape index (κ2) is 21.7. The lowest BCUT2D eigenvalue weighted by Crippen LogP contribution is -2.64. The summed E-state index contributed by atoms with van der Waals surface area (Å²) < 4.78 is 22.9. The van der Waals surface area contributed by atoms with E-state index in [0.29, 0.717) is 18.3 Å². The molecule has 97 heavy (non-hydrogen) atoms. The van der Waals surface area contributed by atoms with E-state index < -0.39 is 5.41 Å². The van der Waals surface area contributed by atoms with E-state index in [9.17, 15) is 0 Å². The summed E-state index contributed by atoms with van der Waals surface area (Å²) in [6.45, 7) is 34.6. The molecule has 0 radical (unpaired) electrons. The van der Waals surface area contributed by atoms with Gasteiger partial charge in [0.2, 0.25) is 0 Å². The molecule has 482 valence electrons. The summed E-state index contributed by atoms with van der Waals surface area (Å²) in [6, 6.07) is 79.9. The van der Waals surface area contributed by atoms with E-state index in [1.807, 2.05) is 0 Å². The second-order valence-electron chi connectivity index (χ2n) is 32.6. The highest BCUT2D eigenvalue weighted by Crippen LogP contribution is 2.57. The fraction of sp³-hybridized carbons (Fsp3) is 0.273. The van der Waals surface area contributed by atoms with Gasteiger partial charge in [-0.05, 0) is 198 Å². The van der Waals surface area contributed by atoms with Gasteiger partial charge in [-0.25, -0.2) is 0 Å². The van der Waals surface area contributed by atoms with Crippen molar-refractivity contribution in [2.24, 2.45) is 0 Å². The zero-order valence-electron chi connectivity index (χ0n) is 58.9. The second-order valence-corrected chi connectivity index (χ2v) is 32.6. The van der Waals surface area contributed by atoms with Crippen molar-refractivity contribution in [3.63, 3.8) is 0 Å². The van der Waals surface area contributed by atoms with Crippen molar-refractivity contribution in [3.8, 4) is 5.75 Å². The summed E-state index contributed by atoms with van der Waals surface area (Å²) in [5.74, 6) is 1.72. The first kappa shape index (κ1) is 61.0. The van der Waals surface area contributed by atoms with Gasteiger partial charge in [0.15, 0.2) is 0 Å². The third kappa shape index (κ3) is 9.51. The van der Waals surface area contributed by atoms with Crippen LogP contribution in [0.1, 0.15) is 166 Å². The number of para-hydroxylation sites is 4. The van der Waals surface area contributed by atoms with E-state index in [2.05, 4.69) is 336 Å². The molecule has 0 saturated heterocycles. The molecule has 9 heteroatoms. The summed E-state index contributed by atoms with van der Waals surface area (Å²) in [5, 5.41) is 2.21. The monoisotopic (exact) mass is 1270 g/mol. The molecule has 2 unspecified atom stereocenters. The molecule has 5 aliphatic heterocycles. The first-order chi connectivity index (χ1) is 46.4. The van der Waals surface area contributed by atoms with E-state index in [4.69, 9.17) is 13.6 Å². The molecular weight excluding hydrogens is 1180 g/mol. The lowest BCUT2D eigenvalue weighted by Gasteiger charge is -2.47.